The van der Waals surface area contributed by atoms with E-state index in [9.17, 15) is 9.59 Å². The van der Waals surface area contributed by atoms with Gasteiger partial charge in [-0.15, -0.1) is 0 Å². The van der Waals surface area contributed by atoms with Crippen molar-refractivity contribution in [2.45, 2.75) is 33.6 Å². The third-order valence-corrected chi connectivity index (χ3v) is 4.39. The Bertz CT molecular complexity index is 763. The summed E-state index contributed by atoms with van der Waals surface area (Å²) in [7, 11) is 1.32. The molecule has 1 heterocycles. The van der Waals surface area contributed by atoms with Gasteiger partial charge in [0.15, 0.2) is 0 Å². The molecular formula is C20H24ClNO4. The molecule has 0 saturated carbocycles. The van der Waals surface area contributed by atoms with Gasteiger partial charge in [0, 0.05) is 16.4 Å². The standard InChI is InChI=1S/C20H24ClNO4/c1-11(2)10-26-20(24)17-13(4)22-12(3)16(19(23)25-5)18(17)14-6-8-15(21)9-7-14/h6-9,11,18,22H,10H2,1-5H3. The minimum absolute atomic E-state index is 0.211. The van der Waals surface area contributed by atoms with Crippen molar-refractivity contribution in [3.05, 3.63) is 57.4 Å². The molecule has 1 aliphatic heterocycles. The van der Waals surface area contributed by atoms with Crippen LogP contribution in [-0.4, -0.2) is 25.7 Å². The molecule has 1 atom stereocenters. The lowest BCUT2D eigenvalue weighted by Crippen LogP contribution is -2.32. The van der Waals surface area contributed by atoms with Crippen LogP contribution in [0.2, 0.25) is 5.02 Å². The number of allylic oxidation sites excluding steroid dienone is 2. The monoisotopic (exact) mass is 377 g/mol. The maximum absolute atomic E-state index is 12.8. The molecule has 26 heavy (non-hydrogen) atoms. The van der Waals surface area contributed by atoms with Crippen molar-refractivity contribution in [1.82, 2.24) is 5.32 Å². The molecule has 0 bridgehead atoms. The van der Waals surface area contributed by atoms with E-state index >= 15 is 0 Å². The molecule has 0 aromatic heterocycles. The van der Waals surface area contributed by atoms with E-state index in [2.05, 4.69) is 5.32 Å². The topological polar surface area (TPSA) is 64.6 Å². The van der Waals surface area contributed by atoms with E-state index in [1.54, 1.807) is 38.1 Å². The number of hydrogen-bond donors (Lipinski definition) is 1. The number of carbonyl (C=O) groups is 2. The van der Waals surface area contributed by atoms with Gasteiger partial charge < -0.3 is 14.8 Å². The molecule has 5 nitrogen and oxygen atoms in total. The number of nitrogens with one attached hydrogen (secondary N) is 1. The number of ether oxygens (including phenoxy) is 2. The Hall–Kier alpha value is -2.27. The summed E-state index contributed by atoms with van der Waals surface area (Å²) in [5, 5.41) is 3.68. The second kappa shape index (κ2) is 8.41. The molecule has 1 aromatic rings. The lowest BCUT2D eigenvalue weighted by Gasteiger charge is -2.30. The van der Waals surface area contributed by atoms with E-state index in [1.165, 1.54) is 7.11 Å². The third kappa shape index (κ3) is 4.28. The Morgan fingerprint density at radius 2 is 1.62 bits per heavy atom. The summed E-state index contributed by atoms with van der Waals surface area (Å²) < 4.78 is 10.4. The van der Waals surface area contributed by atoms with Crippen LogP contribution in [0.4, 0.5) is 0 Å². The van der Waals surface area contributed by atoms with Crippen LogP contribution >= 0.6 is 11.6 Å². The zero-order valence-corrected chi connectivity index (χ0v) is 16.4. The molecule has 6 heteroatoms. The second-order valence-electron chi connectivity index (χ2n) is 6.67. The molecule has 0 radical (unpaired) electrons. The summed E-state index contributed by atoms with van der Waals surface area (Å²) in [6.45, 7) is 7.82. The van der Waals surface area contributed by atoms with Crippen molar-refractivity contribution >= 4 is 23.5 Å². The smallest absolute Gasteiger partial charge is 0.336 e. The van der Waals surface area contributed by atoms with E-state index in [0.29, 0.717) is 34.2 Å². The number of dihydropyridines is 1. The van der Waals surface area contributed by atoms with Gasteiger partial charge in [-0.25, -0.2) is 9.59 Å². The Labute approximate surface area is 159 Å². The Morgan fingerprint density at radius 1 is 1.08 bits per heavy atom. The second-order valence-corrected chi connectivity index (χ2v) is 7.11. The summed E-state index contributed by atoms with van der Waals surface area (Å²) >= 11 is 6.00. The van der Waals surface area contributed by atoms with Gasteiger partial charge in [0.05, 0.1) is 30.8 Å². The van der Waals surface area contributed by atoms with Gasteiger partial charge in [-0.3, -0.25) is 0 Å². The van der Waals surface area contributed by atoms with Crippen LogP contribution in [0.15, 0.2) is 46.8 Å². The van der Waals surface area contributed by atoms with Gasteiger partial charge in [0.1, 0.15) is 0 Å². The quantitative estimate of drug-likeness (QED) is 0.787. The van der Waals surface area contributed by atoms with Crippen LogP contribution in [0.25, 0.3) is 0 Å². The molecule has 1 aliphatic rings. The number of rotatable bonds is 5. The van der Waals surface area contributed by atoms with E-state index in [1.807, 2.05) is 13.8 Å². The molecule has 1 unspecified atom stereocenters. The van der Waals surface area contributed by atoms with Crippen molar-refractivity contribution in [3.8, 4) is 0 Å². The number of halogens is 1. The number of methoxy groups -OCH3 is 1. The predicted molar refractivity (Wildman–Crippen MR) is 101 cm³/mol. The first kappa shape index (κ1) is 20.0. The molecule has 2 rings (SSSR count). The molecular weight excluding hydrogens is 354 g/mol. The first-order valence-electron chi connectivity index (χ1n) is 8.45. The average molecular weight is 378 g/mol. The molecule has 0 aliphatic carbocycles. The number of esters is 2. The van der Waals surface area contributed by atoms with Gasteiger partial charge in [-0.2, -0.15) is 0 Å². The molecule has 140 valence electrons. The highest BCUT2D eigenvalue weighted by atomic mass is 35.5. The van der Waals surface area contributed by atoms with E-state index in [-0.39, 0.29) is 5.92 Å². The Kier molecular flexibility index (Phi) is 6.48. The fraction of sp³-hybridized carbons (Fsp3) is 0.400. The van der Waals surface area contributed by atoms with Gasteiger partial charge >= 0.3 is 11.9 Å². The van der Waals surface area contributed by atoms with E-state index < -0.39 is 17.9 Å². The summed E-state index contributed by atoms with van der Waals surface area (Å²) in [4.78, 5) is 25.3. The highest BCUT2D eigenvalue weighted by Crippen LogP contribution is 2.39. The highest BCUT2D eigenvalue weighted by Gasteiger charge is 2.37. The number of carbonyl (C=O) groups excluding carboxylic acids is 2. The van der Waals surface area contributed by atoms with Crippen LogP contribution in [0.5, 0.6) is 0 Å². The van der Waals surface area contributed by atoms with Gasteiger partial charge in [0.2, 0.25) is 0 Å². The van der Waals surface area contributed by atoms with Crippen molar-refractivity contribution in [2.75, 3.05) is 13.7 Å². The molecule has 0 fully saturated rings. The fourth-order valence-electron chi connectivity index (χ4n) is 2.95. The molecule has 1 aromatic carbocycles. The minimum atomic E-state index is -0.583. The first-order chi connectivity index (χ1) is 12.3. The average Bonchev–Trinajstić information content (AvgIpc) is 2.59. The zero-order valence-electron chi connectivity index (χ0n) is 15.7. The van der Waals surface area contributed by atoms with Crippen LogP contribution in [0.3, 0.4) is 0 Å². The predicted octanol–water partition coefficient (Wildman–Crippen LogP) is 3.95. The van der Waals surface area contributed by atoms with Gasteiger partial charge in [-0.05, 0) is 37.5 Å². The van der Waals surface area contributed by atoms with Crippen molar-refractivity contribution in [2.24, 2.45) is 5.92 Å². The van der Waals surface area contributed by atoms with E-state index in [4.69, 9.17) is 21.1 Å². The summed E-state index contributed by atoms with van der Waals surface area (Å²) in [5.41, 5.74) is 2.86. The normalized spacial score (nSPS) is 17.3. The van der Waals surface area contributed by atoms with Crippen LogP contribution < -0.4 is 5.32 Å². The maximum Gasteiger partial charge on any atom is 0.336 e. The molecule has 0 spiro atoms. The summed E-state index contributed by atoms with van der Waals surface area (Å²) in [6, 6.07) is 7.07. The summed E-state index contributed by atoms with van der Waals surface area (Å²) in [5.74, 6) is -1.31. The van der Waals surface area contributed by atoms with Crippen molar-refractivity contribution in [3.63, 3.8) is 0 Å². The fourth-order valence-corrected chi connectivity index (χ4v) is 3.08. The van der Waals surface area contributed by atoms with Crippen molar-refractivity contribution < 1.29 is 19.1 Å². The molecule has 0 amide bonds. The summed E-state index contributed by atoms with van der Waals surface area (Å²) in [6.07, 6.45) is 0. The number of benzene rings is 1. The zero-order chi connectivity index (χ0) is 19.4. The number of hydrogen-bond acceptors (Lipinski definition) is 5. The lowest BCUT2D eigenvalue weighted by atomic mass is 9.80. The maximum atomic E-state index is 12.8. The molecule has 0 saturated heterocycles. The van der Waals surface area contributed by atoms with Gasteiger partial charge in [0.25, 0.3) is 0 Å². The third-order valence-electron chi connectivity index (χ3n) is 4.14. The van der Waals surface area contributed by atoms with Crippen LogP contribution in [-0.2, 0) is 19.1 Å². The minimum Gasteiger partial charge on any atom is -0.466 e. The first-order valence-corrected chi connectivity index (χ1v) is 8.83. The Balaban J connectivity index is 2.55. The highest BCUT2D eigenvalue weighted by molar-refractivity contribution is 6.30. The largest absolute Gasteiger partial charge is 0.466 e. The molecule has 1 N–H and O–H groups in total. The lowest BCUT2D eigenvalue weighted by molar-refractivity contribution is -0.140. The SMILES string of the molecule is COC(=O)C1=C(C)NC(C)=C(C(=O)OCC(C)C)C1c1ccc(Cl)cc1. The van der Waals surface area contributed by atoms with Crippen molar-refractivity contribution in [1.29, 1.82) is 0 Å². The van der Waals surface area contributed by atoms with E-state index in [0.717, 1.165) is 5.56 Å². The van der Waals surface area contributed by atoms with Gasteiger partial charge in [-0.1, -0.05) is 37.6 Å². The van der Waals surface area contributed by atoms with Crippen LogP contribution in [0.1, 0.15) is 39.2 Å². The van der Waals surface area contributed by atoms with Crippen LogP contribution in [0, 0.1) is 5.92 Å². The Morgan fingerprint density at radius 3 is 2.12 bits per heavy atom.